The lowest BCUT2D eigenvalue weighted by Crippen LogP contribution is -2.18. The average molecular weight is 584 g/mol. The number of anilines is 2. The number of benzene rings is 2. The van der Waals surface area contributed by atoms with Crippen molar-refractivity contribution in [3.8, 4) is 0 Å². The smallest absolute Gasteiger partial charge is 0.297 e. The van der Waals surface area contributed by atoms with Gasteiger partial charge in [-0.05, 0) is 53.3 Å². The zero-order valence-corrected chi connectivity index (χ0v) is 21.3. The van der Waals surface area contributed by atoms with E-state index < -0.39 is 57.8 Å². The van der Waals surface area contributed by atoms with Crippen LogP contribution in [0.3, 0.4) is 0 Å². The SMILES string of the molecule is Cn1sc(=O)c2cc(S(=O)(=O)Nc3cc(C(F)(F)F)c(Cl)cc3NS(=O)(=O)c3cccs3)ccc21. The van der Waals surface area contributed by atoms with Crippen LogP contribution in [0.2, 0.25) is 5.02 Å². The van der Waals surface area contributed by atoms with Gasteiger partial charge in [-0.2, -0.15) is 13.2 Å². The number of hydrogen-bond acceptors (Lipinski definition) is 7. The number of nitrogens with zero attached hydrogens (tertiary/aromatic N) is 1. The Balaban J connectivity index is 1.82. The van der Waals surface area contributed by atoms with Crippen LogP contribution in [0.5, 0.6) is 0 Å². The summed E-state index contributed by atoms with van der Waals surface area (Å²) in [6.07, 6.45) is -4.95. The molecular weight excluding hydrogens is 571 g/mol. The van der Waals surface area contributed by atoms with Crippen LogP contribution in [0.25, 0.3) is 10.9 Å². The van der Waals surface area contributed by atoms with Crippen molar-refractivity contribution in [1.82, 2.24) is 3.96 Å². The van der Waals surface area contributed by atoms with Crippen LogP contribution in [-0.4, -0.2) is 20.8 Å². The van der Waals surface area contributed by atoms with Gasteiger partial charge >= 0.3 is 6.18 Å². The lowest BCUT2D eigenvalue weighted by molar-refractivity contribution is -0.137. The van der Waals surface area contributed by atoms with E-state index in [9.17, 15) is 34.8 Å². The number of aromatic nitrogens is 1. The molecule has 2 N–H and O–H groups in total. The molecule has 0 saturated heterocycles. The van der Waals surface area contributed by atoms with E-state index in [1.807, 2.05) is 4.72 Å². The molecule has 0 atom stereocenters. The van der Waals surface area contributed by atoms with Crippen molar-refractivity contribution in [2.75, 3.05) is 9.44 Å². The molecule has 186 valence electrons. The molecule has 4 rings (SSSR count). The fraction of sp³-hybridized carbons (Fsp3) is 0.105. The minimum atomic E-state index is -4.95. The van der Waals surface area contributed by atoms with Gasteiger partial charge in [0.2, 0.25) is 0 Å². The normalized spacial score (nSPS) is 12.7. The molecule has 16 heteroatoms. The van der Waals surface area contributed by atoms with Crippen molar-refractivity contribution in [2.24, 2.45) is 7.05 Å². The van der Waals surface area contributed by atoms with Crippen LogP contribution in [0, 0.1) is 0 Å². The number of thiophene rings is 1. The first kappa shape index (κ1) is 25.5. The molecule has 0 unspecified atom stereocenters. The second-order valence-corrected chi connectivity index (χ2v) is 13.1. The van der Waals surface area contributed by atoms with Gasteiger partial charge in [-0.15, -0.1) is 11.3 Å². The van der Waals surface area contributed by atoms with E-state index in [1.165, 1.54) is 33.6 Å². The zero-order valence-electron chi connectivity index (χ0n) is 17.3. The largest absolute Gasteiger partial charge is 0.417 e. The second kappa shape index (κ2) is 8.81. The van der Waals surface area contributed by atoms with Gasteiger partial charge in [0.15, 0.2) is 0 Å². The number of sulfonamides is 2. The molecule has 0 bridgehead atoms. The Morgan fingerprint density at radius 3 is 2.26 bits per heavy atom. The van der Waals surface area contributed by atoms with Gasteiger partial charge in [-0.1, -0.05) is 17.7 Å². The highest BCUT2D eigenvalue weighted by Gasteiger charge is 2.35. The maximum atomic E-state index is 13.5. The predicted octanol–water partition coefficient (Wildman–Crippen LogP) is 4.94. The Labute approximate surface area is 209 Å². The molecule has 0 aliphatic heterocycles. The van der Waals surface area contributed by atoms with Gasteiger partial charge in [0.25, 0.3) is 24.8 Å². The van der Waals surface area contributed by atoms with Crippen LogP contribution < -0.4 is 14.2 Å². The van der Waals surface area contributed by atoms with Crippen molar-refractivity contribution in [3.63, 3.8) is 0 Å². The van der Waals surface area contributed by atoms with Crippen LogP contribution in [0.15, 0.2) is 61.7 Å². The molecule has 0 spiro atoms. The summed E-state index contributed by atoms with van der Waals surface area (Å²) in [6.45, 7) is 0. The molecule has 0 aliphatic carbocycles. The molecule has 0 aliphatic rings. The summed E-state index contributed by atoms with van der Waals surface area (Å²) < 4.78 is 96.8. The van der Waals surface area contributed by atoms with E-state index in [-0.39, 0.29) is 9.60 Å². The fourth-order valence-electron chi connectivity index (χ4n) is 3.12. The molecule has 2 heterocycles. The lowest BCUT2D eigenvalue weighted by Gasteiger charge is -2.18. The topological polar surface area (TPSA) is 114 Å². The summed E-state index contributed by atoms with van der Waals surface area (Å²) in [6, 6.07) is 7.43. The first-order valence-corrected chi connectivity index (χ1v) is 14.3. The predicted molar refractivity (Wildman–Crippen MR) is 129 cm³/mol. The minimum absolute atomic E-state index is 0.103. The Bertz CT molecular complexity index is 1710. The third-order valence-electron chi connectivity index (χ3n) is 4.72. The Kier molecular flexibility index (Phi) is 6.42. The van der Waals surface area contributed by atoms with Gasteiger partial charge in [-0.25, -0.2) is 16.8 Å². The first-order valence-electron chi connectivity index (χ1n) is 9.29. The summed E-state index contributed by atoms with van der Waals surface area (Å²) in [5.74, 6) is 0. The first-order chi connectivity index (χ1) is 16.2. The van der Waals surface area contributed by atoms with Gasteiger partial charge in [0.05, 0.1) is 37.8 Å². The number of fused-ring (bicyclic) bond motifs is 1. The molecule has 0 amide bonds. The van der Waals surface area contributed by atoms with Crippen molar-refractivity contribution < 1.29 is 30.0 Å². The molecule has 2 aromatic heterocycles. The Morgan fingerprint density at radius 2 is 1.63 bits per heavy atom. The molecule has 8 nitrogen and oxygen atoms in total. The number of aryl methyl sites for hydroxylation is 1. The van der Waals surface area contributed by atoms with Crippen LogP contribution >= 0.6 is 34.5 Å². The second-order valence-electron chi connectivity index (χ2n) is 7.07. The van der Waals surface area contributed by atoms with E-state index in [1.54, 1.807) is 7.05 Å². The third kappa shape index (κ3) is 5.04. The number of alkyl halides is 3. The number of hydrogen-bond donors (Lipinski definition) is 2. The van der Waals surface area contributed by atoms with Gasteiger partial charge in [0.1, 0.15) is 4.21 Å². The molecule has 0 fully saturated rings. The summed E-state index contributed by atoms with van der Waals surface area (Å²) >= 11 is 7.45. The Morgan fingerprint density at radius 1 is 0.971 bits per heavy atom. The van der Waals surface area contributed by atoms with Crippen molar-refractivity contribution in [3.05, 3.63) is 68.0 Å². The van der Waals surface area contributed by atoms with Gasteiger partial charge in [-0.3, -0.25) is 18.2 Å². The number of rotatable bonds is 6. The summed E-state index contributed by atoms with van der Waals surface area (Å²) in [7, 11) is -7.20. The maximum Gasteiger partial charge on any atom is 0.417 e. The lowest BCUT2D eigenvalue weighted by atomic mass is 10.1. The Hall–Kier alpha value is -2.59. The number of halogens is 4. The molecule has 0 radical (unpaired) electrons. The van der Waals surface area contributed by atoms with E-state index in [0.717, 1.165) is 28.9 Å². The van der Waals surface area contributed by atoms with Crippen LogP contribution in [0.4, 0.5) is 24.5 Å². The highest BCUT2D eigenvalue weighted by atomic mass is 35.5. The van der Waals surface area contributed by atoms with Crippen molar-refractivity contribution in [2.45, 2.75) is 15.3 Å². The summed E-state index contributed by atoms with van der Waals surface area (Å²) in [5.41, 5.74) is -2.14. The van der Waals surface area contributed by atoms with E-state index >= 15 is 0 Å². The molecule has 35 heavy (non-hydrogen) atoms. The van der Waals surface area contributed by atoms with Gasteiger partial charge in [0, 0.05) is 7.05 Å². The van der Waals surface area contributed by atoms with Crippen molar-refractivity contribution in [1.29, 1.82) is 0 Å². The zero-order chi connectivity index (χ0) is 25.8. The summed E-state index contributed by atoms with van der Waals surface area (Å²) in [4.78, 5) is 11.7. The van der Waals surface area contributed by atoms with Crippen molar-refractivity contribution >= 4 is 76.8 Å². The monoisotopic (exact) mass is 583 g/mol. The maximum absolute atomic E-state index is 13.5. The molecule has 2 aromatic carbocycles. The minimum Gasteiger partial charge on any atom is -0.297 e. The average Bonchev–Trinajstić information content (AvgIpc) is 3.38. The van der Waals surface area contributed by atoms with Crippen LogP contribution in [-0.2, 0) is 33.3 Å². The van der Waals surface area contributed by atoms with Gasteiger partial charge < -0.3 is 0 Å². The molecular formula is C19H13ClF3N3O5S4. The quantitative estimate of drug-likeness (QED) is 0.334. The molecule has 4 aromatic rings. The van der Waals surface area contributed by atoms with Crippen LogP contribution in [0.1, 0.15) is 5.56 Å². The highest BCUT2D eigenvalue weighted by Crippen LogP contribution is 2.41. The van der Waals surface area contributed by atoms with E-state index in [4.69, 9.17) is 11.6 Å². The standard InChI is InChI=1S/C19H13ClF3N3O5S4/c1-26-16-5-4-10(7-11(16)18(27)33-26)34(28,29)24-14-8-12(19(21,22)23)13(20)9-15(14)25-35(30,31)17-3-2-6-32-17/h2-9,24-25H,1H3. The summed E-state index contributed by atoms with van der Waals surface area (Å²) in [5, 5.41) is 0.738. The van der Waals surface area contributed by atoms with E-state index in [2.05, 4.69) is 4.72 Å². The molecule has 0 saturated carbocycles. The third-order valence-corrected chi connectivity index (χ3v) is 10.0. The number of nitrogens with one attached hydrogen (secondary N) is 2. The fourth-order valence-corrected chi connectivity index (χ4v) is 7.32. The van der Waals surface area contributed by atoms with E-state index in [0.29, 0.717) is 17.6 Å². The highest BCUT2D eigenvalue weighted by molar-refractivity contribution is 7.94.